The molecule has 3 saturated heterocycles. The van der Waals surface area contributed by atoms with E-state index in [1.165, 1.54) is 20.1 Å². The summed E-state index contributed by atoms with van der Waals surface area (Å²) in [6.07, 6.45) is 8.42. The largest absolute Gasteiger partial charge is 0.469 e. The summed E-state index contributed by atoms with van der Waals surface area (Å²) >= 11 is 0. The van der Waals surface area contributed by atoms with Gasteiger partial charge in [-0.15, -0.1) is 0 Å². The number of rotatable bonds is 10. The third kappa shape index (κ3) is 8.99. The van der Waals surface area contributed by atoms with E-state index in [1.54, 1.807) is 13.0 Å². The molecule has 10 nitrogen and oxygen atoms in total. The molecule has 3 rings (SSSR count). The lowest BCUT2D eigenvalue weighted by atomic mass is 9.87. The molecule has 3 fully saturated rings. The van der Waals surface area contributed by atoms with E-state index in [0.717, 1.165) is 12.0 Å². The lowest BCUT2D eigenvalue weighted by Crippen LogP contribution is -2.50. The molecule has 0 unspecified atom stereocenters. The van der Waals surface area contributed by atoms with Crippen LogP contribution in [0.25, 0.3) is 0 Å². The van der Waals surface area contributed by atoms with E-state index in [-0.39, 0.29) is 48.6 Å². The fourth-order valence-electron chi connectivity index (χ4n) is 5.16. The first kappa shape index (κ1) is 31.0. The van der Waals surface area contributed by atoms with Crippen molar-refractivity contribution in [1.29, 1.82) is 0 Å². The fourth-order valence-corrected chi connectivity index (χ4v) is 5.16. The fraction of sp³-hybridized carbons (Fsp3) is 0.690. The second-order valence-corrected chi connectivity index (χ2v) is 10.9. The number of esters is 2. The van der Waals surface area contributed by atoms with Crippen LogP contribution in [0.4, 0.5) is 0 Å². The first-order valence-electron chi connectivity index (χ1n) is 13.6. The van der Waals surface area contributed by atoms with Gasteiger partial charge in [0.2, 0.25) is 5.91 Å². The molecular weight excluding hydrogens is 506 g/mol. The zero-order valence-electron chi connectivity index (χ0n) is 23.8. The van der Waals surface area contributed by atoms with Gasteiger partial charge in [-0.05, 0) is 45.6 Å². The lowest BCUT2D eigenvalue weighted by Gasteiger charge is -2.39. The van der Waals surface area contributed by atoms with Gasteiger partial charge in [-0.25, -0.2) is 0 Å². The Morgan fingerprint density at radius 2 is 1.90 bits per heavy atom. The quantitative estimate of drug-likeness (QED) is 0.183. The molecule has 9 atom stereocenters. The van der Waals surface area contributed by atoms with Gasteiger partial charge in [0, 0.05) is 19.4 Å². The molecule has 218 valence electrons. The summed E-state index contributed by atoms with van der Waals surface area (Å²) in [6, 6.07) is -0.123. The van der Waals surface area contributed by atoms with E-state index in [0.29, 0.717) is 19.4 Å². The standard InChI is InChI=1S/C29H43NO9/c1-17(8-11-25-28(34)29(16-36-29)15-22(39-25)14-27(33)35-6)7-10-24-18(2)13-23(20(4)38-24)30-26(32)12-9-19(3)37-21(5)31/h7-9,11-12,18-20,22-25,28,34H,10,13-16H2,1-6H3,(H,30,32)/t18-,19-,20+,22+,23+,24-,25+,28+,29+/m0/s1. The number of hydrogen-bond donors (Lipinski definition) is 2. The third-order valence-electron chi connectivity index (χ3n) is 7.55. The van der Waals surface area contributed by atoms with Crippen molar-refractivity contribution in [2.24, 2.45) is 5.92 Å². The maximum Gasteiger partial charge on any atom is 0.308 e. The molecule has 0 radical (unpaired) electrons. The molecule has 2 N–H and O–H groups in total. The molecule has 10 heteroatoms. The van der Waals surface area contributed by atoms with Gasteiger partial charge in [-0.3, -0.25) is 14.4 Å². The van der Waals surface area contributed by atoms with Gasteiger partial charge in [-0.1, -0.05) is 30.7 Å². The number of aliphatic hydroxyl groups is 1. The van der Waals surface area contributed by atoms with Crippen molar-refractivity contribution in [3.8, 4) is 0 Å². The Morgan fingerprint density at radius 3 is 2.54 bits per heavy atom. The number of hydrogen-bond acceptors (Lipinski definition) is 9. The zero-order valence-corrected chi connectivity index (χ0v) is 23.8. The Kier molecular flexibility index (Phi) is 10.9. The molecule has 1 amide bonds. The average Bonchev–Trinajstić information content (AvgIpc) is 3.64. The third-order valence-corrected chi connectivity index (χ3v) is 7.55. The molecule has 0 saturated carbocycles. The number of carbonyl (C=O) groups is 3. The summed E-state index contributed by atoms with van der Waals surface area (Å²) in [4.78, 5) is 35.1. The summed E-state index contributed by atoms with van der Waals surface area (Å²) in [6.45, 7) is 9.51. The van der Waals surface area contributed by atoms with E-state index in [2.05, 4.69) is 18.3 Å². The molecule has 1 spiro atoms. The van der Waals surface area contributed by atoms with Gasteiger partial charge in [0.05, 0.1) is 44.5 Å². The number of carbonyl (C=O) groups excluding carboxylic acids is 3. The normalized spacial score (nSPS) is 35.7. The minimum absolute atomic E-state index is 0.000115. The SMILES string of the molecule is COC(=O)C[C@@H]1C[C@@]2(CO2)[C@H](O)[C@@H](C=CC(C)=CC[C@@H]2O[C@H](C)[C@H](NC(=O)C=C[C@H](C)OC(C)=O)C[C@@H]2C)O1. The van der Waals surface area contributed by atoms with Gasteiger partial charge in [0.15, 0.2) is 0 Å². The topological polar surface area (TPSA) is 133 Å². The Morgan fingerprint density at radius 1 is 1.18 bits per heavy atom. The summed E-state index contributed by atoms with van der Waals surface area (Å²) in [5.41, 5.74) is 0.352. The van der Waals surface area contributed by atoms with E-state index in [4.69, 9.17) is 23.7 Å². The van der Waals surface area contributed by atoms with E-state index in [9.17, 15) is 19.5 Å². The number of aliphatic hydroxyl groups excluding tert-OH is 1. The number of allylic oxidation sites excluding steroid dienone is 2. The zero-order chi connectivity index (χ0) is 28.7. The van der Waals surface area contributed by atoms with Crippen molar-refractivity contribution in [1.82, 2.24) is 5.32 Å². The van der Waals surface area contributed by atoms with Gasteiger partial charge in [-0.2, -0.15) is 0 Å². The molecular formula is C29H43NO9. The van der Waals surface area contributed by atoms with Crippen molar-refractivity contribution in [3.05, 3.63) is 36.0 Å². The second kappa shape index (κ2) is 13.7. The van der Waals surface area contributed by atoms with E-state index < -0.39 is 29.9 Å². The molecule has 0 aromatic rings. The molecule has 3 aliphatic rings. The minimum atomic E-state index is -0.801. The van der Waals surface area contributed by atoms with Gasteiger partial charge < -0.3 is 34.1 Å². The molecule has 3 heterocycles. The number of nitrogens with one attached hydrogen (secondary N) is 1. The van der Waals surface area contributed by atoms with Crippen molar-refractivity contribution in [2.75, 3.05) is 13.7 Å². The van der Waals surface area contributed by atoms with Crippen LogP contribution in [0.1, 0.15) is 60.3 Å². The van der Waals surface area contributed by atoms with E-state index >= 15 is 0 Å². The van der Waals surface area contributed by atoms with Crippen LogP contribution in [0, 0.1) is 5.92 Å². The van der Waals surface area contributed by atoms with Crippen LogP contribution in [-0.2, 0) is 38.1 Å². The molecule has 3 aliphatic heterocycles. The summed E-state index contributed by atoms with van der Waals surface area (Å²) < 4.78 is 27.5. The van der Waals surface area contributed by atoms with Crippen LogP contribution in [0.5, 0.6) is 0 Å². The highest BCUT2D eigenvalue weighted by atomic mass is 16.6. The monoisotopic (exact) mass is 549 g/mol. The van der Waals surface area contributed by atoms with Gasteiger partial charge in [0.1, 0.15) is 23.9 Å². The Hall–Kier alpha value is -2.53. The van der Waals surface area contributed by atoms with E-state index in [1.807, 2.05) is 26.0 Å². The first-order chi connectivity index (χ1) is 18.4. The van der Waals surface area contributed by atoms with Crippen LogP contribution in [0.15, 0.2) is 36.0 Å². The smallest absolute Gasteiger partial charge is 0.308 e. The maximum absolute atomic E-state index is 12.3. The molecule has 0 aromatic heterocycles. The summed E-state index contributed by atoms with van der Waals surface area (Å²) in [7, 11) is 1.34. The summed E-state index contributed by atoms with van der Waals surface area (Å²) in [5.74, 6) is -0.779. The van der Waals surface area contributed by atoms with Crippen LogP contribution in [-0.4, -0.2) is 84.9 Å². The molecule has 39 heavy (non-hydrogen) atoms. The highest BCUT2D eigenvalue weighted by Gasteiger charge is 2.58. The van der Waals surface area contributed by atoms with Crippen molar-refractivity contribution in [3.63, 3.8) is 0 Å². The molecule has 0 aromatic carbocycles. The second-order valence-electron chi connectivity index (χ2n) is 10.9. The first-order valence-corrected chi connectivity index (χ1v) is 13.6. The number of ether oxygens (including phenoxy) is 5. The van der Waals surface area contributed by atoms with Gasteiger partial charge >= 0.3 is 11.9 Å². The molecule has 0 aliphatic carbocycles. The number of methoxy groups -OCH3 is 1. The average molecular weight is 550 g/mol. The Labute approximate surface area is 230 Å². The van der Waals surface area contributed by atoms with Crippen LogP contribution in [0.2, 0.25) is 0 Å². The van der Waals surface area contributed by atoms with Gasteiger partial charge in [0.25, 0.3) is 0 Å². The highest BCUT2D eigenvalue weighted by Crippen LogP contribution is 2.43. The predicted octanol–water partition coefficient (Wildman–Crippen LogP) is 2.54. The van der Waals surface area contributed by atoms with Crippen molar-refractivity contribution in [2.45, 2.75) is 109 Å². The lowest BCUT2D eigenvalue weighted by molar-refractivity contribution is -0.157. The minimum Gasteiger partial charge on any atom is -0.469 e. The maximum atomic E-state index is 12.3. The molecule has 0 bridgehead atoms. The summed E-state index contributed by atoms with van der Waals surface area (Å²) in [5, 5.41) is 13.7. The number of amides is 1. The van der Waals surface area contributed by atoms with Crippen molar-refractivity contribution < 1.29 is 43.2 Å². The number of epoxide rings is 1. The Bertz CT molecular complexity index is 970. The highest BCUT2D eigenvalue weighted by molar-refractivity contribution is 5.87. The predicted molar refractivity (Wildman–Crippen MR) is 143 cm³/mol. The van der Waals surface area contributed by atoms with Crippen LogP contribution >= 0.6 is 0 Å². The Balaban J connectivity index is 1.50. The van der Waals surface area contributed by atoms with Crippen LogP contribution < -0.4 is 5.32 Å². The van der Waals surface area contributed by atoms with Crippen LogP contribution in [0.3, 0.4) is 0 Å². The van der Waals surface area contributed by atoms with Crippen molar-refractivity contribution >= 4 is 17.8 Å².